The topological polar surface area (TPSA) is 59.9 Å². The lowest BCUT2D eigenvalue weighted by molar-refractivity contribution is -0.123. The molecular formula is C22H19IN2O3. The fourth-order valence-corrected chi connectivity index (χ4v) is 2.64. The van der Waals surface area contributed by atoms with Crippen molar-refractivity contribution < 1.29 is 14.3 Å². The molecular weight excluding hydrogens is 467 g/mol. The van der Waals surface area contributed by atoms with Crippen molar-refractivity contribution in [3.05, 3.63) is 93.6 Å². The van der Waals surface area contributed by atoms with Crippen LogP contribution in [0.25, 0.3) is 0 Å². The lowest BCUT2D eigenvalue weighted by atomic mass is 10.2. The van der Waals surface area contributed by atoms with Crippen LogP contribution in [0, 0.1) is 3.57 Å². The van der Waals surface area contributed by atoms with Crippen molar-refractivity contribution >= 4 is 34.7 Å². The number of hydrogen-bond acceptors (Lipinski definition) is 4. The first-order chi connectivity index (χ1) is 13.7. The molecule has 0 saturated carbocycles. The summed E-state index contributed by atoms with van der Waals surface area (Å²) in [6.07, 6.45) is 1.57. The van der Waals surface area contributed by atoms with Crippen LogP contribution < -0.4 is 14.9 Å². The molecule has 0 fully saturated rings. The molecule has 3 aromatic rings. The van der Waals surface area contributed by atoms with Crippen LogP contribution in [0.4, 0.5) is 0 Å². The van der Waals surface area contributed by atoms with Crippen molar-refractivity contribution in [1.82, 2.24) is 5.43 Å². The van der Waals surface area contributed by atoms with Gasteiger partial charge in [-0.25, -0.2) is 5.43 Å². The number of carbonyl (C=O) groups is 1. The summed E-state index contributed by atoms with van der Waals surface area (Å²) in [5.41, 5.74) is 4.41. The minimum absolute atomic E-state index is 0.0931. The van der Waals surface area contributed by atoms with Gasteiger partial charge in [0.15, 0.2) is 6.61 Å². The van der Waals surface area contributed by atoms with Crippen molar-refractivity contribution in [3.63, 3.8) is 0 Å². The lowest BCUT2D eigenvalue weighted by Crippen LogP contribution is -2.24. The molecule has 0 saturated heterocycles. The molecule has 0 radical (unpaired) electrons. The third-order valence-electron chi connectivity index (χ3n) is 3.71. The molecule has 28 heavy (non-hydrogen) atoms. The molecule has 1 N–H and O–H groups in total. The summed E-state index contributed by atoms with van der Waals surface area (Å²) in [6, 6.07) is 24.9. The summed E-state index contributed by atoms with van der Waals surface area (Å²) in [7, 11) is 0. The Hall–Kier alpha value is -2.87. The zero-order chi connectivity index (χ0) is 19.6. The van der Waals surface area contributed by atoms with Crippen molar-refractivity contribution in [1.29, 1.82) is 0 Å². The SMILES string of the molecule is O=C(COc1ccc(I)cc1)N/N=C/c1ccc(OCc2ccccc2)cc1. The molecule has 1 amide bonds. The fraction of sp³-hybridized carbons (Fsp3) is 0.0909. The molecule has 0 spiro atoms. The van der Waals surface area contributed by atoms with E-state index < -0.39 is 0 Å². The van der Waals surface area contributed by atoms with E-state index in [2.05, 4.69) is 33.1 Å². The van der Waals surface area contributed by atoms with Crippen LogP contribution in [-0.4, -0.2) is 18.7 Å². The Morgan fingerprint density at radius 3 is 2.25 bits per heavy atom. The minimum Gasteiger partial charge on any atom is -0.489 e. The zero-order valence-corrected chi connectivity index (χ0v) is 17.2. The van der Waals surface area contributed by atoms with E-state index >= 15 is 0 Å². The van der Waals surface area contributed by atoms with Crippen molar-refractivity contribution in [2.75, 3.05) is 6.61 Å². The Labute approximate surface area is 177 Å². The number of carbonyl (C=O) groups excluding carboxylic acids is 1. The maximum atomic E-state index is 11.8. The van der Waals surface area contributed by atoms with Gasteiger partial charge in [0.25, 0.3) is 5.91 Å². The molecule has 0 unspecified atom stereocenters. The summed E-state index contributed by atoms with van der Waals surface area (Å²) >= 11 is 2.21. The number of rotatable bonds is 8. The first-order valence-corrected chi connectivity index (χ1v) is 9.74. The standard InChI is InChI=1S/C22H19IN2O3/c23-19-8-12-21(13-9-19)28-16-22(26)25-24-14-17-6-10-20(11-7-17)27-15-18-4-2-1-3-5-18/h1-14H,15-16H2,(H,25,26)/b24-14+. The molecule has 0 aliphatic heterocycles. The average Bonchev–Trinajstić information content (AvgIpc) is 2.73. The van der Waals surface area contributed by atoms with Crippen LogP contribution in [-0.2, 0) is 11.4 Å². The van der Waals surface area contributed by atoms with Crippen LogP contribution >= 0.6 is 22.6 Å². The Balaban J connectivity index is 1.41. The number of ether oxygens (including phenoxy) is 2. The van der Waals surface area contributed by atoms with E-state index in [-0.39, 0.29) is 12.5 Å². The van der Waals surface area contributed by atoms with Gasteiger partial charge in [-0.2, -0.15) is 5.10 Å². The molecule has 0 aliphatic carbocycles. The average molecular weight is 486 g/mol. The molecule has 142 valence electrons. The van der Waals surface area contributed by atoms with E-state index in [1.165, 1.54) is 0 Å². The number of halogens is 1. The summed E-state index contributed by atoms with van der Waals surface area (Å²) in [5, 5.41) is 3.94. The second kappa shape index (κ2) is 10.5. The summed E-state index contributed by atoms with van der Waals surface area (Å²) in [6.45, 7) is 0.426. The predicted molar refractivity (Wildman–Crippen MR) is 118 cm³/mol. The number of hydrogen-bond donors (Lipinski definition) is 1. The van der Waals surface area contributed by atoms with Gasteiger partial charge in [0.2, 0.25) is 0 Å². The molecule has 3 aromatic carbocycles. The highest BCUT2D eigenvalue weighted by atomic mass is 127. The van der Waals surface area contributed by atoms with Crippen molar-refractivity contribution in [2.24, 2.45) is 5.10 Å². The van der Waals surface area contributed by atoms with E-state index in [1.54, 1.807) is 6.21 Å². The molecule has 6 heteroatoms. The summed E-state index contributed by atoms with van der Waals surface area (Å²) in [5.74, 6) is 1.10. The molecule has 5 nitrogen and oxygen atoms in total. The Bertz CT molecular complexity index is 911. The van der Waals surface area contributed by atoms with Crippen LogP contribution in [0.15, 0.2) is 84.0 Å². The van der Waals surface area contributed by atoms with E-state index in [0.29, 0.717) is 12.4 Å². The molecule has 0 atom stereocenters. The number of benzene rings is 3. The highest BCUT2D eigenvalue weighted by Gasteiger charge is 2.01. The maximum Gasteiger partial charge on any atom is 0.277 e. The fourth-order valence-electron chi connectivity index (χ4n) is 2.28. The van der Waals surface area contributed by atoms with Crippen LogP contribution in [0.1, 0.15) is 11.1 Å². The summed E-state index contributed by atoms with van der Waals surface area (Å²) in [4.78, 5) is 11.8. The number of hydrazone groups is 1. The zero-order valence-electron chi connectivity index (χ0n) is 15.0. The summed E-state index contributed by atoms with van der Waals surface area (Å²) < 4.78 is 12.2. The Morgan fingerprint density at radius 1 is 0.893 bits per heavy atom. The largest absolute Gasteiger partial charge is 0.489 e. The minimum atomic E-state index is -0.322. The van der Waals surface area contributed by atoms with Gasteiger partial charge in [0.05, 0.1) is 6.21 Å². The Morgan fingerprint density at radius 2 is 1.54 bits per heavy atom. The van der Waals surface area contributed by atoms with Gasteiger partial charge in [0, 0.05) is 3.57 Å². The molecule has 3 rings (SSSR count). The highest BCUT2D eigenvalue weighted by molar-refractivity contribution is 14.1. The van der Waals surface area contributed by atoms with Gasteiger partial charge in [-0.1, -0.05) is 30.3 Å². The van der Waals surface area contributed by atoms with Crippen molar-refractivity contribution in [2.45, 2.75) is 6.61 Å². The van der Waals surface area contributed by atoms with Gasteiger partial charge in [-0.05, 0) is 82.2 Å². The lowest BCUT2D eigenvalue weighted by Gasteiger charge is -2.06. The first kappa shape index (κ1) is 19.9. The monoisotopic (exact) mass is 486 g/mol. The smallest absolute Gasteiger partial charge is 0.277 e. The van der Waals surface area contributed by atoms with Crippen LogP contribution in [0.5, 0.6) is 11.5 Å². The number of nitrogens with zero attached hydrogens (tertiary/aromatic N) is 1. The van der Waals surface area contributed by atoms with E-state index in [1.807, 2.05) is 78.9 Å². The maximum absolute atomic E-state index is 11.8. The third kappa shape index (κ3) is 6.70. The third-order valence-corrected chi connectivity index (χ3v) is 4.43. The first-order valence-electron chi connectivity index (χ1n) is 8.66. The second-order valence-corrected chi connectivity index (χ2v) is 7.12. The predicted octanol–water partition coefficient (Wildman–Crippen LogP) is 4.40. The molecule has 0 bridgehead atoms. The van der Waals surface area contributed by atoms with Gasteiger partial charge in [0.1, 0.15) is 18.1 Å². The molecule has 0 heterocycles. The van der Waals surface area contributed by atoms with E-state index in [9.17, 15) is 4.79 Å². The number of nitrogens with one attached hydrogen (secondary N) is 1. The van der Waals surface area contributed by atoms with Crippen LogP contribution in [0.3, 0.4) is 0 Å². The quantitative estimate of drug-likeness (QED) is 0.292. The van der Waals surface area contributed by atoms with Gasteiger partial charge < -0.3 is 9.47 Å². The highest BCUT2D eigenvalue weighted by Crippen LogP contribution is 2.14. The van der Waals surface area contributed by atoms with Gasteiger partial charge in [-0.3, -0.25) is 4.79 Å². The molecule has 0 aromatic heterocycles. The van der Waals surface area contributed by atoms with Crippen molar-refractivity contribution in [3.8, 4) is 11.5 Å². The van der Waals surface area contributed by atoms with E-state index in [0.717, 1.165) is 20.4 Å². The normalized spacial score (nSPS) is 10.6. The molecule has 0 aliphatic rings. The van der Waals surface area contributed by atoms with Gasteiger partial charge >= 0.3 is 0 Å². The van der Waals surface area contributed by atoms with E-state index in [4.69, 9.17) is 9.47 Å². The Kier molecular flexibility index (Phi) is 7.43. The number of amides is 1. The second-order valence-electron chi connectivity index (χ2n) is 5.88. The van der Waals surface area contributed by atoms with Crippen LogP contribution in [0.2, 0.25) is 0 Å². The van der Waals surface area contributed by atoms with Gasteiger partial charge in [-0.15, -0.1) is 0 Å².